The van der Waals surface area contributed by atoms with Crippen molar-refractivity contribution in [3.8, 4) is 0 Å². The lowest BCUT2D eigenvalue weighted by molar-refractivity contribution is 0.0360. The summed E-state index contributed by atoms with van der Waals surface area (Å²) in [5.41, 5.74) is 0.948. The Labute approximate surface area is 98.4 Å². The van der Waals surface area contributed by atoms with Crippen LogP contribution >= 0.6 is 22.6 Å². The monoisotopic (exact) mass is 306 g/mol. The second kappa shape index (κ2) is 6.37. The molecule has 0 saturated heterocycles. The Bertz CT molecular complexity index is 276. The molecular formula is C11H15IO2. The molecule has 14 heavy (non-hydrogen) atoms. The highest BCUT2D eigenvalue weighted by Crippen LogP contribution is 2.19. The lowest BCUT2D eigenvalue weighted by atomic mass is 10.1. The van der Waals surface area contributed by atoms with E-state index in [4.69, 9.17) is 4.74 Å². The summed E-state index contributed by atoms with van der Waals surface area (Å²) in [6, 6.07) is 7.81. The van der Waals surface area contributed by atoms with Crippen molar-refractivity contribution in [1.82, 2.24) is 0 Å². The van der Waals surface area contributed by atoms with Crippen LogP contribution in [0.3, 0.4) is 0 Å². The third-order valence-electron chi connectivity index (χ3n) is 1.89. The van der Waals surface area contributed by atoms with E-state index in [0.29, 0.717) is 13.2 Å². The average molecular weight is 306 g/mol. The van der Waals surface area contributed by atoms with Crippen LogP contribution in [0.5, 0.6) is 0 Å². The predicted molar refractivity (Wildman–Crippen MR) is 65.2 cm³/mol. The maximum Gasteiger partial charge on any atom is 0.103 e. The van der Waals surface area contributed by atoms with E-state index in [2.05, 4.69) is 29.5 Å². The fourth-order valence-corrected chi connectivity index (χ4v) is 1.92. The Morgan fingerprint density at radius 2 is 2.14 bits per heavy atom. The lowest BCUT2D eigenvalue weighted by Gasteiger charge is -2.12. The Balaban J connectivity index is 2.51. The summed E-state index contributed by atoms with van der Waals surface area (Å²) in [4.78, 5) is 0. The fraction of sp³-hybridized carbons (Fsp3) is 0.455. The van der Waals surface area contributed by atoms with Gasteiger partial charge < -0.3 is 9.84 Å². The summed E-state index contributed by atoms with van der Waals surface area (Å²) in [6.45, 7) is 3.15. The minimum atomic E-state index is -0.505. The molecular weight excluding hydrogens is 291 g/mol. The molecule has 0 radical (unpaired) electrons. The third kappa shape index (κ3) is 3.55. The number of aliphatic hydroxyl groups is 1. The molecule has 0 heterocycles. The molecule has 0 aromatic heterocycles. The Hall–Kier alpha value is -0.130. The Morgan fingerprint density at radius 3 is 2.79 bits per heavy atom. The van der Waals surface area contributed by atoms with Crippen LogP contribution in [0.2, 0.25) is 0 Å². The molecule has 1 N–H and O–H groups in total. The van der Waals surface area contributed by atoms with E-state index in [1.807, 2.05) is 24.3 Å². The van der Waals surface area contributed by atoms with Gasteiger partial charge in [-0.2, -0.15) is 0 Å². The number of halogens is 1. The van der Waals surface area contributed by atoms with E-state index in [1.165, 1.54) is 0 Å². The summed E-state index contributed by atoms with van der Waals surface area (Å²) >= 11 is 2.22. The summed E-state index contributed by atoms with van der Waals surface area (Å²) in [5.74, 6) is 0. The zero-order valence-corrected chi connectivity index (χ0v) is 10.4. The van der Waals surface area contributed by atoms with Gasteiger partial charge in [0.25, 0.3) is 0 Å². The average Bonchev–Trinajstić information content (AvgIpc) is 2.18. The van der Waals surface area contributed by atoms with Crippen LogP contribution in [0.1, 0.15) is 25.0 Å². The molecule has 0 fully saturated rings. The second-order valence-electron chi connectivity index (χ2n) is 3.11. The number of rotatable bonds is 5. The lowest BCUT2D eigenvalue weighted by Crippen LogP contribution is -2.09. The first-order valence-corrected chi connectivity index (χ1v) is 5.83. The van der Waals surface area contributed by atoms with Crippen molar-refractivity contribution < 1.29 is 9.84 Å². The first kappa shape index (κ1) is 11.9. The van der Waals surface area contributed by atoms with Crippen molar-refractivity contribution in [2.45, 2.75) is 19.4 Å². The normalized spacial score (nSPS) is 12.8. The summed E-state index contributed by atoms with van der Waals surface area (Å²) < 4.78 is 6.38. The first-order valence-electron chi connectivity index (χ1n) is 4.76. The highest BCUT2D eigenvalue weighted by atomic mass is 127. The molecule has 1 unspecified atom stereocenters. The maximum atomic E-state index is 9.80. The van der Waals surface area contributed by atoms with Gasteiger partial charge in [-0.1, -0.05) is 25.1 Å². The smallest absolute Gasteiger partial charge is 0.103 e. The van der Waals surface area contributed by atoms with E-state index in [-0.39, 0.29) is 0 Å². The Kier molecular flexibility index (Phi) is 5.44. The van der Waals surface area contributed by atoms with E-state index in [1.54, 1.807) is 0 Å². The van der Waals surface area contributed by atoms with Crippen LogP contribution in [0, 0.1) is 3.57 Å². The third-order valence-corrected chi connectivity index (χ3v) is 2.87. The minimum absolute atomic E-state index is 0.383. The van der Waals surface area contributed by atoms with Crippen molar-refractivity contribution in [1.29, 1.82) is 0 Å². The van der Waals surface area contributed by atoms with Gasteiger partial charge in [0.15, 0.2) is 0 Å². The van der Waals surface area contributed by atoms with E-state index >= 15 is 0 Å². The molecule has 2 nitrogen and oxygen atoms in total. The largest absolute Gasteiger partial charge is 0.386 e. The fourth-order valence-electron chi connectivity index (χ4n) is 1.17. The van der Waals surface area contributed by atoms with Crippen LogP contribution < -0.4 is 0 Å². The topological polar surface area (TPSA) is 29.5 Å². The van der Waals surface area contributed by atoms with E-state index in [0.717, 1.165) is 15.6 Å². The van der Waals surface area contributed by atoms with Gasteiger partial charge in [-0.3, -0.25) is 0 Å². The molecule has 0 aliphatic heterocycles. The summed E-state index contributed by atoms with van der Waals surface area (Å²) in [7, 11) is 0. The van der Waals surface area contributed by atoms with Crippen molar-refractivity contribution in [2.24, 2.45) is 0 Å². The zero-order chi connectivity index (χ0) is 10.4. The van der Waals surface area contributed by atoms with Crippen molar-refractivity contribution in [3.05, 3.63) is 33.4 Å². The molecule has 0 spiro atoms. The van der Waals surface area contributed by atoms with Crippen LogP contribution in [-0.2, 0) is 4.74 Å². The minimum Gasteiger partial charge on any atom is -0.386 e. The van der Waals surface area contributed by atoms with Crippen LogP contribution in [-0.4, -0.2) is 18.3 Å². The molecule has 0 saturated carbocycles. The summed E-state index contributed by atoms with van der Waals surface area (Å²) in [6.07, 6.45) is 0.480. The Morgan fingerprint density at radius 1 is 1.43 bits per heavy atom. The number of hydrogen-bond donors (Lipinski definition) is 1. The molecule has 0 aliphatic rings. The molecule has 0 amide bonds. The number of benzene rings is 1. The molecule has 1 rings (SSSR count). The number of ether oxygens (including phenoxy) is 1. The van der Waals surface area contributed by atoms with Gasteiger partial charge in [-0.15, -0.1) is 0 Å². The van der Waals surface area contributed by atoms with Gasteiger partial charge in [-0.25, -0.2) is 0 Å². The standard InChI is InChI=1S/C11H15IO2/c1-2-7-14-8-11(13)9-5-3-4-6-10(9)12/h3-6,11,13H,2,7-8H2,1H3. The molecule has 0 aliphatic carbocycles. The number of aliphatic hydroxyl groups excluding tert-OH is 1. The van der Waals surface area contributed by atoms with E-state index < -0.39 is 6.10 Å². The van der Waals surface area contributed by atoms with Crippen molar-refractivity contribution >= 4 is 22.6 Å². The molecule has 1 aromatic carbocycles. The number of hydrogen-bond acceptors (Lipinski definition) is 2. The zero-order valence-electron chi connectivity index (χ0n) is 8.24. The van der Waals surface area contributed by atoms with Gasteiger partial charge in [0, 0.05) is 10.2 Å². The maximum absolute atomic E-state index is 9.80. The van der Waals surface area contributed by atoms with Crippen LogP contribution in [0.4, 0.5) is 0 Å². The molecule has 0 bridgehead atoms. The quantitative estimate of drug-likeness (QED) is 0.669. The molecule has 3 heteroatoms. The molecule has 78 valence electrons. The van der Waals surface area contributed by atoms with Crippen molar-refractivity contribution in [3.63, 3.8) is 0 Å². The highest BCUT2D eigenvalue weighted by molar-refractivity contribution is 14.1. The van der Waals surface area contributed by atoms with Gasteiger partial charge in [-0.05, 0) is 40.6 Å². The second-order valence-corrected chi connectivity index (χ2v) is 4.27. The first-order chi connectivity index (χ1) is 6.75. The van der Waals surface area contributed by atoms with Gasteiger partial charge in [0.05, 0.1) is 6.61 Å². The van der Waals surface area contributed by atoms with Gasteiger partial charge >= 0.3 is 0 Å². The molecule has 1 aromatic rings. The molecule has 1 atom stereocenters. The van der Waals surface area contributed by atoms with Gasteiger partial charge in [0.1, 0.15) is 6.10 Å². The SMILES string of the molecule is CCCOCC(O)c1ccccc1I. The summed E-state index contributed by atoms with van der Waals surface area (Å²) in [5, 5.41) is 9.80. The predicted octanol–water partition coefficient (Wildman–Crippen LogP) is 2.75. The van der Waals surface area contributed by atoms with Crippen LogP contribution in [0.25, 0.3) is 0 Å². The van der Waals surface area contributed by atoms with Crippen LogP contribution in [0.15, 0.2) is 24.3 Å². The van der Waals surface area contributed by atoms with Gasteiger partial charge in [0.2, 0.25) is 0 Å². The van der Waals surface area contributed by atoms with Crippen molar-refractivity contribution in [2.75, 3.05) is 13.2 Å². The van der Waals surface area contributed by atoms with E-state index in [9.17, 15) is 5.11 Å². The highest BCUT2D eigenvalue weighted by Gasteiger charge is 2.09.